The standard InChI is InChI=1S/C16H22N4O.ClH/c1-3-9-17-10-11-18-16(21)15-12-20(19-13(15)2)14-7-5-4-6-8-14;/h4-8,12,17H,3,9-11H2,1-2H3,(H,18,21);1H. The van der Waals surface area contributed by atoms with Crippen molar-refractivity contribution >= 4 is 18.3 Å². The second-order valence-electron chi connectivity index (χ2n) is 4.91. The minimum atomic E-state index is -0.0759. The van der Waals surface area contributed by atoms with Gasteiger partial charge in [-0.15, -0.1) is 12.4 Å². The van der Waals surface area contributed by atoms with Crippen molar-refractivity contribution < 1.29 is 4.79 Å². The predicted octanol–water partition coefficient (Wildman–Crippen LogP) is 2.33. The number of carbonyl (C=O) groups is 1. The fourth-order valence-electron chi connectivity index (χ4n) is 2.06. The molecule has 2 rings (SSSR count). The molecule has 6 heteroatoms. The number of benzene rings is 1. The molecule has 0 atom stereocenters. The summed E-state index contributed by atoms with van der Waals surface area (Å²) in [7, 11) is 0. The fraction of sp³-hybridized carbons (Fsp3) is 0.375. The van der Waals surface area contributed by atoms with Gasteiger partial charge in [-0.2, -0.15) is 5.10 Å². The first-order chi connectivity index (χ1) is 10.2. The predicted molar refractivity (Wildman–Crippen MR) is 91.0 cm³/mol. The third-order valence-electron chi connectivity index (χ3n) is 3.18. The van der Waals surface area contributed by atoms with Gasteiger partial charge in [-0.3, -0.25) is 4.79 Å². The van der Waals surface area contributed by atoms with Gasteiger partial charge in [0.25, 0.3) is 5.91 Å². The summed E-state index contributed by atoms with van der Waals surface area (Å²) in [5.41, 5.74) is 2.30. The maximum Gasteiger partial charge on any atom is 0.254 e. The molecule has 0 unspecified atom stereocenters. The normalized spacial score (nSPS) is 10.1. The topological polar surface area (TPSA) is 58.9 Å². The summed E-state index contributed by atoms with van der Waals surface area (Å²) in [4.78, 5) is 12.2. The Bertz CT molecular complexity index is 583. The van der Waals surface area contributed by atoms with Crippen LogP contribution in [0.15, 0.2) is 36.5 Å². The molecule has 1 aromatic carbocycles. The third-order valence-corrected chi connectivity index (χ3v) is 3.18. The van der Waals surface area contributed by atoms with Crippen molar-refractivity contribution in [3.8, 4) is 5.69 Å². The molecule has 0 aliphatic carbocycles. The van der Waals surface area contributed by atoms with Gasteiger partial charge in [0.1, 0.15) is 0 Å². The molecule has 0 fully saturated rings. The van der Waals surface area contributed by atoms with E-state index in [9.17, 15) is 4.79 Å². The van der Waals surface area contributed by atoms with E-state index in [4.69, 9.17) is 0 Å². The Kier molecular flexibility index (Phi) is 7.63. The van der Waals surface area contributed by atoms with Gasteiger partial charge in [0.15, 0.2) is 0 Å². The second-order valence-corrected chi connectivity index (χ2v) is 4.91. The molecule has 1 heterocycles. The minimum absolute atomic E-state index is 0. The van der Waals surface area contributed by atoms with Gasteiger partial charge in [-0.05, 0) is 32.0 Å². The summed E-state index contributed by atoms with van der Waals surface area (Å²) < 4.78 is 1.74. The molecule has 0 saturated carbocycles. The lowest BCUT2D eigenvalue weighted by molar-refractivity contribution is 0.0953. The summed E-state index contributed by atoms with van der Waals surface area (Å²) >= 11 is 0. The van der Waals surface area contributed by atoms with E-state index in [1.165, 1.54) is 0 Å². The van der Waals surface area contributed by atoms with Crippen molar-refractivity contribution in [3.63, 3.8) is 0 Å². The number of amides is 1. The maximum absolute atomic E-state index is 12.2. The highest BCUT2D eigenvalue weighted by atomic mass is 35.5. The van der Waals surface area contributed by atoms with Crippen LogP contribution in [-0.2, 0) is 0 Å². The van der Waals surface area contributed by atoms with Crippen LogP contribution in [0.25, 0.3) is 5.69 Å². The molecule has 22 heavy (non-hydrogen) atoms. The number of hydrogen-bond acceptors (Lipinski definition) is 3. The van der Waals surface area contributed by atoms with Crippen molar-refractivity contribution in [3.05, 3.63) is 47.8 Å². The largest absolute Gasteiger partial charge is 0.351 e. The lowest BCUT2D eigenvalue weighted by Gasteiger charge is -2.05. The molecule has 1 aromatic heterocycles. The molecule has 5 nitrogen and oxygen atoms in total. The van der Waals surface area contributed by atoms with Crippen LogP contribution in [0.4, 0.5) is 0 Å². The molecule has 0 saturated heterocycles. The number of hydrogen-bond donors (Lipinski definition) is 2. The maximum atomic E-state index is 12.2. The van der Waals surface area contributed by atoms with Crippen LogP contribution in [0.1, 0.15) is 29.4 Å². The molecule has 0 spiro atoms. The molecule has 2 N–H and O–H groups in total. The molecule has 0 radical (unpaired) electrons. The number of para-hydroxylation sites is 1. The Hall–Kier alpha value is -1.85. The minimum Gasteiger partial charge on any atom is -0.351 e. The zero-order valence-electron chi connectivity index (χ0n) is 13.0. The quantitative estimate of drug-likeness (QED) is 0.769. The van der Waals surface area contributed by atoms with E-state index in [0.717, 1.165) is 30.9 Å². The van der Waals surface area contributed by atoms with E-state index >= 15 is 0 Å². The number of halogens is 1. The summed E-state index contributed by atoms with van der Waals surface area (Å²) in [6, 6.07) is 9.78. The number of nitrogens with zero attached hydrogens (tertiary/aromatic N) is 2. The second kappa shape index (κ2) is 9.23. The number of nitrogens with one attached hydrogen (secondary N) is 2. The highest BCUT2D eigenvalue weighted by Gasteiger charge is 2.13. The number of carbonyl (C=O) groups excluding carboxylic acids is 1. The Morgan fingerprint density at radius 2 is 1.91 bits per heavy atom. The van der Waals surface area contributed by atoms with Gasteiger partial charge < -0.3 is 10.6 Å². The average Bonchev–Trinajstić information content (AvgIpc) is 2.90. The highest BCUT2D eigenvalue weighted by Crippen LogP contribution is 2.11. The molecule has 120 valence electrons. The third kappa shape index (κ3) is 4.86. The van der Waals surface area contributed by atoms with Crippen molar-refractivity contribution in [2.75, 3.05) is 19.6 Å². The molecule has 1 amide bonds. The van der Waals surface area contributed by atoms with Gasteiger partial charge in [0.05, 0.1) is 16.9 Å². The monoisotopic (exact) mass is 322 g/mol. The average molecular weight is 323 g/mol. The van der Waals surface area contributed by atoms with E-state index < -0.39 is 0 Å². The SMILES string of the molecule is CCCNCCNC(=O)c1cn(-c2ccccc2)nc1C.Cl. The molecular weight excluding hydrogens is 300 g/mol. The summed E-state index contributed by atoms with van der Waals surface area (Å²) in [6.07, 6.45) is 2.87. The van der Waals surface area contributed by atoms with E-state index in [-0.39, 0.29) is 18.3 Å². The number of aryl methyl sites for hydroxylation is 1. The summed E-state index contributed by atoms with van der Waals surface area (Å²) in [5, 5.41) is 10.6. The first-order valence-corrected chi connectivity index (χ1v) is 7.33. The summed E-state index contributed by atoms with van der Waals surface area (Å²) in [5.74, 6) is -0.0759. The van der Waals surface area contributed by atoms with Crippen molar-refractivity contribution in [2.45, 2.75) is 20.3 Å². The van der Waals surface area contributed by atoms with Crippen molar-refractivity contribution in [1.82, 2.24) is 20.4 Å². The van der Waals surface area contributed by atoms with Crippen LogP contribution in [0.5, 0.6) is 0 Å². The first kappa shape index (κ1) is 18.2. The van der Waals surface area contributed by atoms with Crippen LogP contribution in [0, 0.1) is 6.92 Å². The Morgan fingerprint density at radius 1 is 1.18 bits per heavy atom. The van der Waals surface area contributed by atoms with Crippen LogP contribution in [0.3, 0.4) is 0 Å². The van der Waals surface area contributed by atoms with E-state index in [1.807, 2.05) is 37.3 Å². The van der Waals surface area contributed by atoms with Crippen molar-refractivity contribution in [2.24, 2.45) is 0 Å². The highest BCUT2D eigenvalue weighted by molar-refractivity contribution is 5.95. The Labute approximate surface area is 137 Å². The van der Waals surface area contributed by atoms with Gasteiger partial charge >= 0.3 is 0 Å². The van der Waals surface area contributed by atoms with Gasteiger partial charge in [0.2, 0.25) is 0 Å². The van der Waals surface area contributed by atoms with Gasteiger partial charge in [-0.25, -0.2) is 4.68 Å². The zero-order chi connectivity index (χ0) is 15.1. The van der Waals surface area contributed by atoms with E-state index in [0.29, 0.717) is 12.1 Å². The number of aromatic nitrogens is 2. The lowest BCUT2D eigenvalue weighted by atomic mass is 10.2. The Balaban J connectivity index is 0.00000242. The molecule has 0 bridgehead atoms. The van der Waals surface area contributed by atoms with Crippen LogP contribution < -0.4 is 10.6 Å². The zero-order valence-corrected chi connectivity index (χ0v) is 13.8. The fourth-order valence-corrected chi connectivity index (χ4v) is 2.06. The summed E-state index contributed by atoms with van der Waals surface area (Å²) in [6.45, 7) is 6.34. The smallest absolute Gasteiger partial charge is 0.254 e. The van der Waals surface area contributed by atoms with Crippen molar-refractivity contribution in [1.29, 1.82) is 0 Å². The van der Waals surface area contributed by atoms with E-state index in [1.54, 1.807) is 10.9 Å². The van der Waals surface area contributed by atoms with E-state index in [2.05, 4.69) is 22.7 Å². The van der Waals surface area contributed by atoms with Crippen LogP contribution in [-0.4, -0.2) is 35.3 Å². The molecule has 2 aromatic rings. The molecular formula is C16H23ClN4O. The Morgan fingerprint density at radius 3 is 2.59 bits per heavy atom. The first-order valence-electron chi connectivity index (χ1n) is 7.33. The van der Waals surface area contributed by atoms with Crippen LogP contribution in [0.2, 0.25) is 0 Å². The van der Waals surface area contributed by atoms with Gasteiger partial charge in [0, 0.05) is 19.3 Å². The number of rotatable bonds is 7. The van der Waals surface area contributed by atoms with Gasteiger partial charge in [-0.1, -0.05) is 25.1 Å². The molecule has 0 aliphatic heterocycles. The lowest BCUT2D eigenvalue weighted by Crippen LogP contribution is -2.32. The molecule has 0 aliphatic rings. The van der Waals surface area contributed by atoms with Crippen LogP contribution >= 0.6 is 12.4 Å².